The number of rotatable bonds is 7. The van der Waals surface area contributed by atoms with E-state index in [9.17, 15) is 0 Å². The summed E-state index contributed by atoms with van der Waals surface area (Å²) in [5, 5.41) is 3.75. The zero-order valence-corrected chi connectivity index (χ0v) is 13.7. The van der Waals surface area contributed by atoms with Gasteiger partial charge in [0.05, 0.1) is 0 Å². The molecule has 0 radical (unpaired) electrons. The molecule has 3 heteroatoms. The number of methoxy groups -OCH3 is 1. The van der Waals surface area contributed by atoms with Crippen LogP contribution < -0.4 is 5.32 Å². The second-order valence-electron chi connectivity index (χ2n) is 6.45. The highest BCUT2D eigenvalue weighted by molar-refractivity contribution is 5.16. The summed E-state index contributed by atoms with van der Waals surface area (Å²) < 4.78 is 5.21. The fraction of sp³-hybridized carbons (Fsp3) is 0.667. The van der Waals surface area contributed by atoms with Gasteiger partial charge in [-0.2, -0.15) is 0 Å². The number of hydrogen-bond donors (Lipinski definition) is 1. The largest absolute Gasteiger partial charge is 0.385 e. The standard InChI is InChI=1S/C18H30N2O/c1-15(2)18-13-19-17(12-16-8-5-4-6-9-16)14-20(18)10-7-11-21-3/h4-6,8-9,15,17-19H,7,10-14H2,1-3H3. The van der Waals surface area contributed by atoms with Crippen molar-refractivity contribution < 1.29 is 4.74 Å². The van der Waals surface area contributed by atoms with E-state index in [1.165, 1.54) is 5.56 Å². The minimum Gasteiger partial charge on any atom is -0.385 e. The second-order valence-corrected chi connectivity index (χ2v) is 6.45. The van der Waals surface area contributed by atoms with E-state index in [-0.39, 0.29) is 0 Å². The van der Waals surface area contributed by atoms with Crippen LogP contribution in [0.2, 0.25) is 0 Å². The molecule has 1 aromatic rings. The van der Waals surface area contributed by atoms with E-state index in [1.807, 2.05) is 0 Å². The maximum absolute atomic E-state index is 5.21. The molecule has 1 saturated heterocycles. The summed E-state index contributed by atoms with van der Waals surface area (Å²) in [4.78, 5) is 2.66. The SMILES string of the molecule is COCCCN1CC(Cc2ccccc2)NCC1C(C)C. The molecule has 1 aromatic carbocycles. The molecule has 3 nitrogen and oxygen atoms in total. The normalized spacial score (nSPS) is 23.6. The Morgan fingerprint density at radius 2 is 2.05 bits per heavy atom. The molecule has 0 spiro atoms. The lowest BCUT2D eigenvalue weighted by Gasteiger charge is -2.42. The monoisotopic (exact) mass is 290 g/mol. The molecule has 1 N–H and O–H groups in total. The Labute approximate surface area is 129 Å². The van der Waals surface area contributed by atoms with Crippen LogP contribution in [0.4, 0.5) is 0 Å². The lowest BCUT2D eigenvalue weighted by Crippen LogP contribution is -2.59. The Morgan fingerprint density at radius 3 is 2.71 bits per heavy atom. The van der Waals surface area contributed by atoms with Gasteiger partial charge in [0.1, 0.15) is 0 Å². The average Bonchev–Trinajstić information content (AvgIpc) is 2.48. The predicted octanol–water partition coefficient (Wildman–Crippen LogP) is 2.56. The maximum atomic E-state index is 5.21. The number of ether oxygens (including phenoxy) is 1. The van der Waals surface area contributed by atoms with E-state index in [1.54, 1.807) is 7.11 Å². The summed E-state index contributed by atoms with van der Waals surface area (Å²) in [5.74, 6) is 0.692. The molecule has 1 aliphatic heterocycles. The Hall–Kier alpha value is -0.900. The molecule has 0 amide bonds. The number of piperazine rings is 1. The fourth-order valence-corrected chi connectivity index (χ4v) is 3.26. The van der Waals surface area contributed by atoms with Gasteiger partial charge in [-0.05, 0) is 24.3 Å². The smallest absolute Gasteiger partial charge is 0.0474 e. The van der Waals surface area contributed by atoms with Crippen molar-refractivity contribution in [1.29, 1.82) is 0 Å². The number of nitrogens with one attached hydrogen (secondary N) is 1. The van der Waals surface area contributed by atoms with E-state index in [0.717, 1.165) is 39.1 Å². The van der Waals surface area contributed by atoms with Gasteiger partial charge in [-0.25, -0.2) is 0 Å². The minimum absolute atomic E-state index is 0.560. The Morgan fingerprint density at radius 1 is 1.29 bits per heavy atom. The first-order valence-electron chi connectivity index (χ1n) is 8.21. The molecule has 1 fully saturated rings. The minimum atomic E-state index is 0.560. The van der Waals surface area contributed by atoms with Crippen LogP contribution in [0.25, 0.3) is 0 Å². The molecule has 2 unspecified atom stereocenters. The molecule has 2 rings (SSSR count). The molecule has 0 bridgehead atoms. The third-order valence-electron chi connectivity index (χ3n) is 4.43. The molecule has 1 aliphatic rings. The van der Waals surface area contributed by atoms with Crippen LogP contribution in [0, 0.1) is 5.92 Å². The van der Waals surface area contributed by atoms with Crippen LogP contribution in [-0.2, 0) is 11.2 Å². The summed E-state index contributed by atoms with van der Waals surface area (Å²) in [6.07, 6.45) is 2.24. The molecule has 1 heterocycles. The molecule has 0 saturated carbocycles. The third-order valence-corrected chi connectivity index (χ3v) is 4.43. The van der Waals surface area contributed by atoms with Crippen LogP contribution >= 0.6 is 0 Å². The topological polar surface area (TPSA) is 24.5 Å². The van der Waals surface area contributed by atoms with Crippen LogP contribution in [-0.4, -0.2) is 50.3 Å². The molecular formula is C18H30N2O. The number of nitrogens with zero attached hydrogens (tertiary/aromatic N) is 1. The summed E-state index contributed by atoms with van der Waals surface area (Å²) >= 11 is 0. The Kier molecular flexibility index (Phi) is 6.68. The zero-order valence-electron chi connectivity index (χ0n) is 13.7. The van der Waals surface area contributed by atoms with E-state index in [2.05, 4.69) is 54.4 Å². The van der Waals surface area contributed by atoms with Crippen molar-refractivity contribution in [3.8, 4) is 0 Å². The molecule has 21 heavy (non-hydrogen) atoms. The van der Waals surface area contributed by atoms with Gasteiger partial charge in [-0.3, -0.25) is 4.90 Å². The summed E-state index contributed by atoms with van der Waals surface area (Å²) in [6.45, 7) is 8.89. The van der Waals surface area contributed by atoms with Crippen molar-refractivity contribution in [3.63, 3.8) is 0 Å². The van der Waals surface area contributed by atoms with Crippen molar-refractivity contribution in [1.82, 2.24) is 10.2 Å². The van der Waals surface area contributed by atoms with E-state index >= 15 is 0 Å². The first-order valence-corrected chi connectivity index (χ1v) is 8.21. The first kappa shape index (κ1) is 16.5. The van der Waals surface area contributed by atoms with E-state index < -0.39 is 0 Å². The molecule has 0 aromatic heterocycles. The Balaban J connectivity index is 1.91. The van der Waals surface area contributed by atoms with Gasteiger partial charge < -0.3 is 10.1 Å². The van der Waals surface area contributed by atoms with Gasteiger partial charge in [0.25, 0.3) is 0 Å². The maximum Gasteiger partial charge on any atom is 0.0474 e. The lowest BCUT2D eigenvalue weighted by molar-refractivity contribution is 0.0851. The van der Waals surface area contributed by atoms with Gasteiger partial charge in [-0.1, -0.05) is 44.2 Å². The average molecular weight is 290 g/mol. The summed E-state index contributed by atoms with van der Waals surface area (Å²) in [6, 6.07) is 12.0. The highest BCUT2D eigenvalue weighted by atomic mass is 16.5. The summed E-state index contributed by atoms with van der Waals surface area (Å²) in [7, 11) is 1.79. The van der Waals surface area contributed by atoms with Crippen molar-refractivity contribution in [2.75, 3.05) is 33.4 Å². The number of benzene rings is 1. The quantitative estimate of drug-likeness (QED) is 0.781. The van der Waals surface area contributed by atoms with Crippen molar-refractivity contribution in [3.05, 3.63) is 35.9 Å². The van der Waals surface area contributed by atoms with Crippen LogP contribution in [0.5, 0.6) is 0 Å². The summed E-state index contributed by atoms with van der Waals surface area (Å²) in [5.41, 5.74) is 1.43. The Bertz CT molecular complexity index is 393. The van der Waals surface area contributed by atoms with Gasteiger partial charge >= 0.3 is 0 Å². The van der Waals surface area contributed by atoms with Crippen LogP contribution in [0.3, 0.4) is 0 Å². The third kappa shape index (κ3) is 5.10. The van der Waals surface area contributed by atoms with Gasteiger partial charge in [0.15, 0.2) is 0 Å². The van der Waals surface area contributed by atoms with Gasteiger partial charge in [0, 0.05) is 45.4 Å². The lowest BCUT2D eigenvalue weighted by atomic mass is 9.95. The fourth-order valence-electron chi connectivity index (χ4n) is 3.26. The molecule has 118 valence electrons. The van der Waals surface area contributed by atoms with E-state index in [0.29, 0.717) is 18.0 Å². The van der Waals surface area contributed by atoms with E-state index in [4.69, 9.17) is 4.74 Å². The van der Waals surface area contributed by atoms with Gasteiger partial charge in [0.2, 0.25) is 0 Å². The molecular weight excluding hydrogens is 260 g/mol. The molecule has 0 aliphatic carbocycles. The van der Waals surface area contributed by atoms with Crippen molar-refractivity contribution >= 4 is 0 Å². The van der Waals surface area contributed by atoms with Crippen LogP contribution in [0.1, 0.15) is 25.8 Å². The first-order chi connectivity index (χ1) is 10.2. The predicted molar refractivity (Wildman–Crippen MR) is 88.6 cm³/mol. The molecule has 2 atom stereocenters. The van der Waals surface area contributed by atoms with Crippen molar-refractivity contribution in [2.45, 2.75) is 38.8 Å². The number of hydrogen-bond acceptors (Lipinski definition) is 3. The van der Waals surface area contributed by atoms with Gasteiger partial charge in [-0.15, -0.1) is 0 Å². The van der Waals surface area contributed by atoms with Crippen molar-refractivity contribution in [2.24, 2.45) is 5.92 Å². The zero-order chi connectivity index (χ0) is 15.1. The second kappa shape index (κ2) is 8.52. The highest BCUT2D eigenvalue weighted by Gasteiger charge is 2.29. The highest BCUT2D eigenvalue weighted by Crippen LogP contribution is 2.17. The van der Waals surface area contributed by atoms with Crippen LogP contribution in [0.15, 0.2) is 30.3 Å².